The molecule has 2 aromatic rings. The number of aryl methyl sites for hydroxylation is 1. The molecule has 2 saturated heterocycles. The Kier molecular flexibility index (Phi) is 7.62. The quantitative estimate of drug-likeness (QED) is 0.589. The molecule has 4 rings (SSSR count). The molecule has 2 aliphatic heterocycles. The Morgan fingerprint density at radius 1 is 1.00 bits per heavy atom. The van der Waals surface area contributed by atoms with Crippen LogP contribution in [0, 0.1) is 12.8 Å². The smallest absolute Gasteiger partial charge is 0.320 e. The molecule has 0 bridgehead atoms. The number of ether oxygens (including phenoxy) is 1. The van der Waals surface area contributed by atoms with Gasteiger partial charge in [-0.2, -0.15) is 4.31 Å². The lowest BCUT2D eigenvalue weighted by Gasteiger charge is -2.35. The zero-order chi connectivity index (χ0) is 24.5. The van der Waals surface area contributed by atoms with Gasteiger partial charge in [0.1, 0.15) is 5.75 Å². The first-order valence-electron chi connectivity index (χ1n) is 11.2. The summed E-state index contributed by atoms with van der Waals surface area (Å²) in [5.41, 5.74) is 2.14. The number of piperazine rings is 1. The number of sulfonamides is 1. The van der Waals surface area contributed by atoms with Crippen LogP contribution in [0.1, 0.15) is 17.0 Å². The fraction of sp³-hybridized carbons (Fsp3) is 0.458. The lowest BCUT2D eigenvalue weighted by atomic mass is 9.89. The minimum Gasteiger partial charge on any atom is -0.493 e. The van der Waals surface area contributed by atoms with Gasteiger partial charge in [0.25, 0.3) is 0 Å². The van der Waals surface area contributed by atoms with E-state index in [1.165, 1.54) is 10.6 Å². The van der Waals surface area contributed by atoms with Crippen molar-refractivity contribution in [2.45, 2.75) is 12.8 Å². The SMILES string of the molecule is Cc1cccc(OC[C@@H]2CN(C(=O)N3CCN(S(C)(=O)=O)CC3)CC2c2ccc(Cl)c(Cl)c2)c1. The summed E-state index contributed by atoms with van der Waals surface area (Å²) in [4.78, 5) is 16.9. The summed E-state index contributed by atoms with van der Waals surface area (Å²) in [6, 6.07) is 13.4. The van der Waals surface area contributed by atoms with Crippen molar-refractivity contribution in [3.05, 3.63) is 63.6 Å². The van der Waals surface area contributed by atoms with E-state index in [0.717, 1.165) is 16.9 Å². The van der Waals surface area contributed by atoms with Crippen molar-refractivity contribution in [2.75, 3.05) is 52.1 Å². The number of hydrogen-bond donors (Lipinski definition) is 0. The van der Waals surface area contributed by atoms with Crippen molar-refractivity contribution in [2.24, 2.45) is 5.92 Å². The molecule has 0 N–H and O–H groups in total. The molecule has 0 spiro atoms. The second-order valence-electron chi connectivity index (χ2n) is 9.00. The number of benzene rings is 2. The molecule has 184 valence electrons. The van der Waals surface area contributed by atoms with Crippen molar-refractivity contribution in [1.82, 2.24) is 14.1 Å². The average molecular weight is 526 g/mol. The van der Waals surface area contributed by atoms with Gasteiger partial charge in [0, 0.05) is 51.1 Å². The molecule has 2 aliphatic rings. The molecule has 1 unspecified atom stereocenters. The Morgan fingerprint density at radius 3 is 2.38 bits per heavy atom. The number of hydrogen-bond acceptors (Lipinski definition) is 4. The standard InChI is InChI=1S/C24H29Cl2N3O4S/c1-17-4-3-5-20(12-17)33-16-19-14-28(15-21(19)18-6-7-22(25)23(26)13-18)24(30)27-8-10-29(11-9-27)34(2,31)32/h3-7,12-13,19,21H,8-11,14-16H2,1-2H3/t19-,21?/m0/s1. The predicted molar refractivity (Wildman–Crippen MR) is 134 cm³/mol. The lowest BCUT2D eigenvalue weighted by molar-refractivity contribution is 0.139. The van der Waals surface area contributed by atoms with Crippen molar-refractivity contribution in [1.29, 1.82) is 0 Å². The molecule has 7 nitrogen and oxygen atoms in total. The molecule has 2 aromatic carbocycles. The lowest BCUT2D eigenvalue weighted by Crippen LogP contribution is -2.53. The van der Waals surface area contributed by atoms with Crippen LogP contribution in [0.15, 0.2) is 42.5 Å². The van der Waals surface area contributed by atoms with Gasteiger partial charge in [0.2, 0.25) is 10.0 Å². The third-order valence-corrected chi connectivity index (χ3v) is 8.56. The van der Waals surface area contributed by atoms with Crippen molar-refractivity contribution < 1.29 is 17.9 Å². The average Bonchev–Trinajstić information content (AvgIpc) is 3.23. The van der Waals surface area contributed by atoms with Gasteiger partial charge in [-0.25, -0.2) is 13.2 Å². The van der Waals surface area contributed by atoms with Gasteiger partial charge < -0.3 is 14.5 Å². The number of carbonyl (C=O) groups is 1. The van der Waals surface area contributed by atoms with Gasteiger partial charge in [-0.3, -0.25) is 0 Å². The van der Waals surface area contributed by atoms with E-state index in [9.17, 15) is 13.2 Å². The summed E-state index contributed by atoms with van der Waals surface area (Å²) < 4.78 is 31.1. The molecular weight excluding hydrogens is 497 g/mol. The molecule has 0 radical (unpaired) electrons. The molecule has 0 aromatic heterocycles. The maximum absolute atomic E-state index is 13.3. The van der Waals surface area contributed by atoms with Crippen LogP contribution in [-0.4, -0.2) is 80.7 Å². The zero-order valence-electron chi connectivity index (χ0n) is 19.3. The van der Waals surface area contributed by atoms with Crippen LogP contribution in [0.25, 0.3) is 0 Å². The van der Waals surface area contributed by atoms with Crippen molar-refractivity contribution in [3.63, 3.8) is 0 Å². The van der Waals surface area contributed by atoms with Crippen LogP contribution < -0.4 is 4.74 Å². The normalized spacial score (nSPS) is 21.6. The highest BCUT2D eigenvalue weighted by Gasteiger charge is 2.39. The summed E-state index contributed by atoms with van der Waals surface area (Å²) in [5.74, 6) is 0.911. The molecule has 0 saturated carbocycles. The number of rotatable bonds is 5. The molecule has 34 heavy (non-hydrogen) atoms. The van der Waals surface area contributed by atoms with Gasteiger partial charge in [0.15, 0.2) is 0 Å². The molecule has 2 atom stereocenters. The first kappa shape index (κ1) is 25.1. The fourth-order valence-corrected chi connectivity index (χ4v) is 5.77. The molecule has 0 aliphatic carbocycles. The van der Waals surface area contributed by atoms with E-state index in [1.807, 2.05) is 48.2 Å². The van der Waals surface area contributed by atoms with Crippen LogP contribution in [0.5, 0.6) is 5.75 Å². The van der Waals surface area contributed by atoms with E-state index < -0.39 is 10.0 Å². The number of likely N-dealkylation sites (tertiary alicyclic amines) is 1. The van der Waals surface area contributed by atoms with E-state index in [4.69, 9.17) is 27.9 Å². The number of urea groups is 1. The van der Waals surface area contributed by atoms with Gasteiger partial charge >= 0.3 is 6.03 Å². The summed E-state index contributed by atoms with van der Waals surface area (Å²) in [7, 11) is -3.25. The Morgan fingerprint density at radius 2 is 1.74 bits per heavy atom. The Labute approximate surface area is 211 Å². The van der Waals surface area contributed by atoms with E-state index in [2.05, 4.69) is 0 Å². The first-order valence-corrected chi connectivity index (χ1v) is 13.9. The number of carbonyl (C=O) groups excluding carboxylic acids is 1. The van der Waals surface area contributed by atoms with Crippen LogP contribution in [0.3, 0.4) is 0 Å². The van der Waals surface area contributed by atoms with E-state index >= 15 is 0 Å². The molecule has 10 heteroatoms. The van der Waals surface area contributed by atoms with Crippen molar-refractivity contribution in [3.8, 4) is 5.75 Å². The summed E-state index contributed by atoms with van der Waals surface area (Å²) in [5, 5.41) is 0.979. The van der Waals surface area contributed by atoms with Crippen LogP contribution in [0.2, 0.25) is 10.0 Å². The van der Waals surface area contributed by atoms with Gasteiger partial charge in [-0.15, -0.1) is 0 Å². The third kappa shape index (κ3) is 5.79. The van der Waals surface area contributed by atoms with Gasteiger partial charge in [0.05, 0.1) is 22.9 Å². The largest absolute Gasteiger partial charge is 0.493 e. The Hall–Kier alpha value is -2.00. The number of halogens is 2. The maximum Gasteiger partial charge on any atom is 0.320 e. The summed E-state index contributed by atoms with van der Waals surface area (Å²) >= 11 is 12.4. The van der Waals surface area contributed by atoms with Gasteiger partial charge in [-0.1, -0.05) is 41.4 Å². The molecule has 2 fully saturated rings. The molecule has 2 heterocycles. The number of nitrogens with zero attached hydrogens (tertiary/aromatic N) is 3. The zero-order valence-corrected chi connectivity index (χ0v) is 21.6. The first-order chi connectivity index (χ1) is 16.1. The highest BCUT2D eigenvalue weighted by Crippen LogP contribution is 2.36. The Bertz CT molecular complexity index is 1150. The van der Waals surface area contributed by atoms with Crippen LogP contribution >= 0.6 is 23.2 Å². The topological polar surface area (TPSA) is 70.2 Å². The minimum atomic E-state index is -3.25. The van der Waals surface area contributed by atoms with Crippen LogP contribution in [0.4, 0.5) is 4.79 Å². The van der Waals surface area contributed by atoms with Gasteiger partial charge in [-0.05, 0) is 42.3 Å². The molecule has 2 amide bonds. The second-order valence-corrected chi connectivity index (χ2v) is 11.8. The third-order valence-electron chi connectivity index (χ3n) is 6.52. The van der Waals surface area contributed by atoms with Crippen LogP contribution in [-0.2, 0) is 10.0 Å². The Balaban J connectivity index is 1.48. The van der Waals surface area contributed by atoms with E-state index in [-0.39, 0.29) is 17.9 Å². The minimum absolute atomic E-state index is 0.0424. The highest BCUT2D eigenvalue weighted by atomic mass is 35.5. The maximum atomic E-state index is 13.3. The fourth-order valence-electron chi connectivity index (χ4n) is 4.64. The second kappa shape index (κ2) is 10.3. The predicted octanol–water partition coefficient (Wildman–Crippen LogP) is 4.09. The highest BCUT2D eigenvalue weighted by molar-refractivity contribution is 7.88. The van der Waals surface area contributed by atoms with E-state index in [0.29, 0.717) is 55.9 Å². The molecular formula is C24H29Cl2N3O4S. The van der Waals surface area contributed by atoms with E-state index in [1.54, 1.807) is 11.0 Å². The monoisotopic (exact) mass is 525 g/mol. The van der Waals surface area contributed by atoms with Crippen molar-refractivity contribution >= 4 is 39.3 Å². The number of amides is 2. The summed E-state index contributed by atoms with van der Waals surface area (Å²) in [6.45, 7) is 4.94. The summed E-state index contributed by atoms with van der Waals surface area (Å²) in [6.07, 6.45) is 1.20.